The van der Waals surface area contributed by atoms with Crippen molar-refractivity contribution in [1.82, 2.24) is 10.2 Å². The molecular weight excluding hydrogens is 300 g/mol. The zero-order chi connectivity index (χ0) is 15.1. The summed E-state index contributed by atoms with van der Waals surface area (Å²) < 4.78 is 11.2. The predicted octanol–water partition coefficient (Wildman–Crippen LogP) is 3.98. The van der Waals surface area contributed by atoms with Crippen LogP contribution in [0.2, 0.25) is 0 Å². The highest BCUT2D eigenvalue weighted by Crippen LogP contribution is 2.39. The Labute approximate surface area is 131 Å². The first-order chi connectivity index (χ1) is 10.7. The van der Waals surface area contributed by atoms with Crippen molar-refractivity contribution < 1.29 is 13.6 Å². The number of para-hydroxylation sites is 1. The van der Waals surface area contributed by atoms with E-state index in [0.717, 1.165) is 29.4 Å². The Morgan fingerprint density at radius 3 is 2.86 bits per heavy atom. The number of ketones is 1. The molecule has 0 unspecified atom stereocenters. The van der Waals surface area contributed by atoms with Crippen LogP contribution in [0.4, 0.5) is 0 Å². The smallest absolute Gasteiger partial charge is 0.277 e. The zero-order valence-electron chi connectivity index (χ0n) is 12.0. The molecule has 5 nitrogen and oxygen atoms in total. The molecule has 0 bridgehead atoms. The van der Waals surface area contributed by atoms with Gasteiger partial charge in [0.1, 0.15) is 5.58 Å². The standard InChI is InChI=1S/C16H14N2O3S/c1-9-11-4-2-3-5-13(11)20-14(9)12(19)8-22-16-18-17-15(21-16)10-6-7-10/h2-5,10H,6-8H2,1H3. The predicted molar refractivity (Wildman–Crippen MR) is 82.3 cm³/mol. The van der Waals surface area contributed by atoms with Crippen LogP contribution < -0.4 is 0 Å². The number of nitrogens with zero attached hydrogens (tertiary/aromatic N) is 2. The van der Waals surface area contributed by atoms with Crippen LogP contribution in [0.1, 0.15) is 40.8 Å². The molecule has 0 spiro atoms. The summed E-state index contributed by atoms with van der Waals surface area (Å²) in [5, 5.41) is 9.41. The molecule has 1 saturated carbocycles. The molecule has 22 heavy (non-hydrogen) atoms. The van der Waals surface area contributed by atoms with E-state index in [1.165, 1.54) is 11.8 Å². The number of furan rings is 1. The van der Waals surface area contributed by atoms with E-state index in [1.54, 1.807) is 0 Å². The maximum atomic E-state index is 12.4. The Kier molecular flexibility index (Phi) is 3.26. The number of rotatable bonds is 5. The summed E-state index contributed by atoms with van der Waals surface area (Å²) in [6.45, 7) is 1.90. The van der Waals surface area contributed by atoms with Crippen molar-refractivity contribution in [3.63, 3.8) is 0 Å². The van der Waals surface area contributed by atoms with E-state index in [0.29, 0.717) is 22.8 Å². The van der Waals surface area contributed by atoms with Gasteiger partial charge in [0.25, 0.3) is 5.22 Å². The summed E-state index contributed by atoms with van der Waals surface area (Å²) in [6.07, 6.45) is 2.23. The minimum Gasteiger partial charge on any atom is -0.453 e. The first-order valence-electron chi connectivity index (χ1n) is 7.20. The van der Waals surface area contributed by atoms with Gasteiger partial charge in [0.15, 0.2) is 5.76 Å². The second-order valence-corrected chi connectivity index (χ2v) is 6.37. The Bertz CT molecular complexity index is 848. The van der Waals surface area contributed by atoms with Crippen LogP contribution in [-0.4, -0.2) is 21.7 Å². The van der Waals surface area contributed by atoms with Gasteiger partial charge >= 0.3 is 0 Å². The van der Waals surface area contributed by atoms with E-state index in [2.05, 4.69) is 10.2 Å². The molecule has 0 atom stereocenters. The molecule has 0 saturated heterocycles. The van der Waals surface area contributed by atoms with Gasteiger partial charge in [0, 0.05) is 16.9 Å². The SMILES string of the molecule is Cc1c(C(=O)CSc2nnc(C3CC3)o2)oc2ccccc12. The van der Waals surface area contributed by atoms with Crippen molar-refractivity contribution in [3.05, 3.63) is 41.5 Å². The minimum atomic E-state index is -0.0649. The molecule has 1 aliphatic rings. The molecule has 1 aromatic carbocycles. The van der Waals surface area contributed by atoms with Crippen LogP contribution in [-0.2, 0) is 0 Å². The van der Waals surface area contributed by atoms with Crippen molar-refractivity contribution in [1.29, 1.82) is 0 Å². The second kappa shape index (κ2) is 5.28. The molecule has 1 aliphatic carbocycles. The van der Waals surface area contributed by atoms with Crippen molar-refractivity contribution in [3.8, 4) is 0 Å². The number of aryl methyl sites for hydroxylation is 1. The summed E-state index contributed by atoms with van der Waals surface area (Å²) in [5.74, 6) is 1.69. The number of benzene rings is 1. The number of thioether (sulfide) groups is 1. The quantitative estimate of drug-likeness (QED) is 0.524. The fourth-order valence-electron chi connectivity index (χ4n) is 2.41. The highest BCUT2D eigenvalue weighted by Gasteiger charge is 2.29. The lowest BCUT2D eigenvalue weighted by molar-refractivity contribution is 0.0993. The maximum Gasteiger partial charge on any atom is 0.277 e. The third-order valence-electron chi connectivity index (χ3n) is 3.77. The molecule has 0 radical (unpaired) electrons. The van der Waals surface area contributed by atoms with Crippen LogP contribution in [0.15, 0.2) is 38.3 Å². The van der Waals surface area contributed by atoms with Gasteiger partial charge in [-0.2, -0.15) is 0 Å². The van der Waals surface area contributed by atoms with E-state index >= 15 is 0 Å². The summed E-state index contributed by atoms with van der Waals surface area (Å²) in [6, 6.07) is 7.65. The first-order valence-corrected chi connectivity index (χ1v) is 8.18. The number of carbonyl (C=O) groups is 1. The van der Waals surface area contributed by atoms with E-state index in [-0.39, 0.29) is 11.5 Å². The number of Topliss-reactive ketones (excluding diaryl/α,β-unsaturated/α-hetero) is 1. The molecule has 4 rings (SSSR count). The fraction of sp³-hybridized carbons (Fsp3) is 0.312. The molecule has 0 aliphatic heterocycles. The largest absolute Gasteiger partial charge is 0.453 e. The Balaban J connectivity index is 1.49. The second-order valence-electron chi connectivity index (χ2n) is 5.44. The molecular formula is C16H14N2O3S. The lowest BCUT2D eigenvalue weighted by atomic mass is 10.1. The highest BCUT2D eigenvalue weighted by atomic mass is 32.2. The molecule has 2 aromatic heterocycles. The third-order valence-corrected chi connectivity index (χ3v) is 4.59. The average molecular weight is 314 g/mol. The van der Waals surface area contributed by atoms with Gasteiger partial charge in [0.2, 0.25) is 11.7 Å². The first kappa shape index (κ1) is 13.6. The summed E-state index contributed by atoms with van der Waals surface area (Å²) in [4.78, 5) is 12.4. The lowest BCUT2D eigenvalue weighted by Crippen LogP contribution is -2.02. The molecule has 1 fully saturated rings. The summed E-state index contributed by atoms with van der Waals surface area (Å²) in [7, 11) is 0. The van der Waals surface area contributed by atoms with Gasteiger partial charge in [-0.3, -0.25) is 4.79 Å². The van der Waals surface area contributed by atoms with Gasteiger partial charge < -0.3 is 8.83 Å². The molecule has 6 heteroatoms. The maximum absolute atomic E-state index is 12.4. The number of aromatic nitrogens is 2. The van der Waals surface area contributed by atoms with Crippen molar-refractivity contribution in [2.75, 3.05) is 5.75 Å². The van der Waals surface area contributed by atoms with Crippen molar-refractivity contribution in [2.24, 2.45) is 0 Å². The topological polar surface area (TPSA) is 69.1 Å². The van der Waals surface area contributed by atoms with Crippen LogP contribution >= 0.6 is 11.8 Å². The number of fused-ring (bicyclic) bond motifs is 1. The molecule has 0 N–H and O–H groups in total. The van der Waals surface area contributed by atoms with E-state index in [9.17, 15) is 4.79 Å². The third kappa shape index (κ3) is 2.43. The Hall–Kier alpha value is -2.08. The number of carbonyl (C=O) groups excluding carboxylic acids is 1. The van der Waals surface area contributed by atoms with Gasteiger partial charge in [-0.1, -0.05) is 30.0 Å². The number of hydrogen-bond acceptors (Lipinski definition) is 6. The summed E-state index contributed by atoms with van der Waals surface area (Å²) in [5.41, 5.74) is 1.62. The van der Waals surface area contributed by atoms with E-state index in [4.69, 9.17) is 8.83 Å². The van der Waals surface area contributed by atoms with Crippen molar-refractivity contribution in [2.45, 2.75) is 30.9 Å². The molecule has 3 aromatic rings. The van der Waals surface area contributed by atoms with Crippen molar-refractivity contribution >= 4 is 28.5 Å². The molecule has 0 amide bonds. The number of hydrogen-bond donors (Lipinski definition) is 0. The van der Waals surface area contributed by atoms with Crippen LogP contribution in [0.3, 0.4) is 0 Å². The average Bonchev–Trinajstić information content (AvgIpc) is 3.19. The minimum absolute atomic E-state index is 0.0649. The monoisotopic (exact) mass is 314 g/mol. The van der Waals surface area contributed by atoms with Crippen LogP contribution in [0, 0.1) is 6.92 Å². The van der Waals surface area contributed by atoms with Gasteiger partial charge in [0.05, 0.1) is 5.75 Å². The fourth-order valence-corrected chi connectivity index (χ4v) is 3.04. The molecule has 112 valence electrons. The normalized spacial score (nSPS) is 14.6. The highest BCUT2D eigenvalue weighted by molar-refractivity contribution is 7.99. The Morgan fingerprint density at radius 2 is 2.09 bits per heavy atom. The lowest BCUT2D eigenvalue weighted by Gasteiger charge is -1.96. The molecule has 2 heterocycles. The summed E-state index contributed by atoms with van der Waals surface area (Å²) >= 11 is 1.26. The van der Waals surface area contributed by atoms with Gasteiger partial charge in [-0.15, -0.1) is 10.2 Å². The Morgan fingerprint density at radius 1 is 1.27 bits per heavy atom. The van der Waals surface area contributed by atoms with Gasteiger partial charge in [-0.05, 0) is 25.8 Å². The van der Waals surface area contributed by atoms with E-state index < -0.39 is 0 Å². The van der Waals surface area contributed by atoms with E-state index in [1.807, 2.05) is 31.2 Å². The van der Waals surface area contributed by atoms with Crippen LogP contribution in [0.25, 0.3) is 11.0 Å². The van der Waals surface area contributed by atoms with Crippen LogP contribution in [0.5, 0.6) is 0 Å². The van der Waals surface area contributed by atoms with Gasteiger partial charge in [-0.25, -0.2) is 0 Å². The zero-order valence-corrected chi connectivity index (χ0v) is 12.9.